The fourth-order valence-electron chi connectivity index (χ4n) is 3.31. The maximum absolute atomic E-state index is 12.3. The summed E-state index contributed by atoms with van der Waals surface area (Å²) in [7, 11) is 1.47. The van der Waals surface area contributed by atoms with E-state index in [1.54, 1.807) is 0 Å². The van der Waals surface area contributed by atoms with Crippen LogP contribution in [0.1, 0.15) is 30.7 Å². The number of carbonyl (C=O) groups is 1. The molecule has 1 aliphatic rings. The first-order valence-electron chi connectivity index (χ1n) is 8.19. The first-order chi connectivity index (χ1) is 11.3. The monoisotopic (exact) mass is 306 g/mol. The molecule has 118 valence electrons. The Morgan fingerprint density at radius 1 is 1.04 bits per heavy atom. The van der Waals surface area contributed by atoms with Crippen molar-refractivity contribution in [2.45, 2.75) is 25.2 Å². The van der Waals surface area contributed by atoms with E-state index in [2.05, 4.69) is 48.6 Å². The van der Waals surface area contributed by atoms with E-state index in [0.717, 1.165) is 30.4 Å². The van der Waals surface area contributed by atoms with E-state index in [9.17, 15) is 4.79 Å². The minimum atomic E-state index is -0.207. The van der Waals surface area contributed by atoms with Crippen molar-refractivity contribution in [1.82, 2.24) is 0 Å². The molecule has 0 bridgehead atoms. The Balaban J connectivity index is 1.89. The van der Waals surface area contributed by atoms with Gasteiger partial charge >= 0.3 is 5.97 Å². The molecule has 0 unspecified atom stereocenters. The quantitative estimate of drug-likeness (QED) is 0.589. The smallest absolute Gasteiger partial charge is 0.313 e. The molecule has 0 amide bonds. The molecule has 2 heteroatoms. The lowest BCUT2D eigenvalue weighted by Crippen LogP contribution is -2.23. The minimum absolute atomic E-state index is 0.144. The standard InChI is InChI=1S/C21H22O2/c1-23-21(22)20(18-10-6-3-7-11-18)19-14-12-17(13-15-19)16-8-4-2-5-9-16/h2,4-6,8-10,12-15,18,20H,3,7,11H2,1H3/t18-,20+/m1/s1. The van der Waals surface area contributed by atoms with Crippen LogP contribution in [0.5, 0.6) is 0 Å². The van der Waals surface area contributed by atoms with E-state index in [4.69, 9.17) is 4.74 Å². The second-order valence-electron chi connectivity index (χ2n) is 6.01. The van der Waals surface area contributed by atoms with Crippen LogP contribution >= 0.6 is 0 Å². The number of hydrogen-bond acceptors (Lipinski definition) is 2. The molecule has 0 N–H and O–H groups in total. The van der Waals surface area contributed by atoms with Gasteiger partial charge < -0.3 is 4.74 Å². The highest BCUT2D eigenvalue weighted by Gasteiger charge is 2.29. The van der Waals surface area contributed by atoms with E-state index in [0.29, 0.717) is 0 Å². The van der Waals surface area contributed by atoms with Crippen LogP contribution in [0.2, 0.25) is 0 Å². The van der Waals surface area contributed by atoms with E-state index < -0.39 is 0 Å². The topological polar surface area (TPSA) is 26.3 Å². The molecular weight excluding hydrogens is 284 g/mol. The largest absolute Gasteiger partial charge is 0.469 e. The molecule has 2 aromatic carbocycles. The van der Waals surface area contributed by atoms with E-state index in [1.165, 1.54) is 12.7 Å². The second-order valence-corrected chi connectivity index (χ2v) is 6.01. The number of esters is 1. The van der Waals surface area contributed by atoms with Crippen LogP contribution < -0.4 is 0 Å². The average Bonchev–Trinajstić information content (AvgIpc) is 2.64. The van der Waals surface area contributed by atoms with Crippen LogP contribution in [0.25, 0.3) is 11.1 Å². The molecule has 23 heavy (non-hydrogen) atoms. The van der Waals surface area contributed by atoms with E-state index >= 15 is 0 Å². The van der Waals surface area contributed by atoms with Gasteiger partial charge in [0.1, 0.15) is 0 Å². The molecule has 0 aromatic heterocycles. The van der Waals surface area contributed by atoms with Gasteiger partial charge in [0.05, 0.1) is 13.0 Å². The number of methoxy groups -OCH3 is 1. The van der Waals surface area contributed by atoms with Crippen molar-refractivity contribution >= 4 is 5.97 Å². The zero-order valence-electron chi connectivity index (χ0n) is 13.4. The van der Waals surface area contributed by atoms with E-state index in [-0.39, 0.29) is 17.8 Å². The van der Waals surface area contributed by atoms with Gasteiger partial charge in [0, 0.05) is 0 Å². The minimum Gasteiger partial charge on any atom is -0.469 e. The van der Waals surface area contributed by atoms with Crippen LogP contribution in [-0.4, -0.2) is 13.1 Å². The van der Waals surface area contributed by atoms with Crippen LogP contribution in [0.15, 0.2) is 66.7 Å². The maximum atomic E-state index is 12.3. The lowest BCUT2D eigenvalue weighted by molar-refractivity contribution is -0.143. The van der Waals surface area contributed by atoms with Crippen molar-refractivity contribution in [2.24, 2.45) is 5.92 Å². The molecule has 0 fully saturated rings. The highest BCUT2D eigenvalue weighted by Crippen LogP contribution is 2.34. The van der Waals surface area contributed by atoms with Crippen molar-refractivity contribution in [2.75, 3.05) is 7.11 Å². The summed E-state index contributed by atoms with van der Waals surface area (Å²) in [6, 6.07) is 18.6. The van der Waals surface area contributed by atoms with Crippen LogP contribution in [0.4, 0.5) is 0 Å². The highest BCUT2D eigenvalue weighted by atomic mass is 16.5. The van der Waals surface area contributed by atoms with Gasteiger partial charge in [-0.25, -0.2) is 0 Å². The predicted octanol–water partition coefficient (Wildman–Crippen LogP) is 4.97. The number of allylic oxidation sites excluding steroid dienone is 2. The summed E-state index contributed by atoms with van der Waals surface area (Å²) in [4.78, 5) is 12.3. The zero-order valence-corrected chi connectivity index (χ0v) is 13.4. The molecule has 0 saturated heterocycles. The fraction of sp³-hybridized carbons (Fsp3) is 0.286. The Kier molecular flexibility index (Phi) is 4.92. The Morgan fingerprint density at radius 2 is 1.74 bits per heavy atom. The van der Waals surface area contributed by atoms with Gasteiger partial charge in [-0.15, -0.1) is 0 Å². The van der Waals surface area contributed by atoms with Gasteiger partial charge in [-0.05, 0) is 41.9 Å². The second kappa shape index (κ2) is 7.28. The number of ether oxygens (including phenoxy) is 1. The maximum Gasteiger partial charge on any atom is 0.313 e. The Bertz CT molecular complexity index is 671. The summed E-state index contributed by atoms with van der Waals surface area (Å²) in [6.45, 7) is 0. The summed E-state index contributed by atoms with van der Waals surface area (Å²) in [5.74, 6) is -0.117. The normalized spacial score (nSPS) is 18.4. The van der Waals surface area contributed by atoms with Crippen molar-refractivity contribution in [1.29, 1.82) is 0 Å². The molecule has 0 radical (unpaired) electrons. The van der Waals surface area contributed by atoms with Crippen molar-refractivity contribution in [3.63, 3.8) is 0 Å². The first-order valence-corrected chi connectivity index (χ1v) is 8.19. The predicted molar refractivity (Wildman–Crippen MR) is 93.1 cm³/mol. The van der Waals surface area contributed by atoms with Gasteiger partial charge in [0.25, 0.3) is 0 Å². The zero-order chi connectivity index (χ0) is 16.1. The summed E-state index contributed by atoms with van der Waals surface area (Å²) >= 11 is 0. The summed E-state index contributed by atoms with van der Waals surface area (Å²) < 4.78 is 5.06. The van der Waals surface area contributed by atoms with Gasteiger partial charge in [-0.2, -0.15) is 0 Å². The molecule has 0 aliphatic heterocycles. The highest BCUT2D eigenvalue weighted by molar-refractivity contribution is 5.79. The Morgan fingerprint density at radius 3 is 2.35 bits per heavy atom. The first kappa shape index (κ1) is 15.5. The number of rotatable bonds is 4. The molecular formula is C21H22O2. The van der Waals surface area contributed by atoms with Gasteiger partial charge in [0.15, 0.2) is 0 Å². The number of hydrogen-bond donors (Lipinski definition) is 0. The van der Waals surface area contributed by atoms with Crippen molar-refractivity contribution in [3.8, 4) is 11.1 Å². The third-order valence-corrected chi connectivity index (χ3v) is 4.55. The lowest BCUT2D eigenvalue weighted by atomic mass is 9.80. The van der Waals surface area contributed by atoms with Crippen LogP contribution in [-0.2, 0) is 9.53 Å². The van der Waals surface area contributed by atoms with Gasteiger partial charge in [0.2, 0.25) is 0 Å². The van der Waals surface area contributed by atoms with Gasteiger partial charge in [-0.3, -0.25) is 4.79 Å². The Labute approximate surface area is 137 Å². The third kappa shape index (κ3) is 3.53. The summed E-state index contributed by atoms with van der Waals surface area (Å²) in [5.41, 5.74) is 3.39. The average molecular weight is 306 g/mol. The fourth-order valence-corrected chi connectivity index (χ4v) is 3.31. The van der Waals surface area contributed by atoms with E-state index in [1.807, 2.05) is 18.2 Å². The molecule has 2 atom stereocenters. The van der Waals surface area contributed by atoms with Gasteiger partial charge in [-0.1, -0.05) is 66.7 Å². The lowest BCUT2D eigenvalue weighted by Gasteiger charge is -2.25. The number of carbonyl (C=O) groups excluding carboxylic acids is 1. The molecule has 2 aromatic rings. The molecule has 0 heterocycles. The SMILES string of the molecule is COC(=O)[C@H](c1ccc(-c2ccccc2)cc1)[C@@H]1C=CCCC1. The molecule has 3 rings (SSSR count). The number of benzene rings is 2. The summed E-state index contributed by atoms with van der Waals surface area (Å²) in [6.07, 6.45) is 7.64. The van der Waals surface area contributed by atoms with Crippen LogP contribution in [0.3, 0.4) is 0 Å². The van der Waals surface area contributed by atoms with Crippen LogP contribution in [0, 0.1) is 5.92 Å². The van der Waals surface area contributed by atoms with Crippen molar-refractivity contribution < 1.29 is 9.53 Å². The summed E-state index contributed by atoms with van der Waals surface area (Å²) in [5, 5.41) is 0. The molecule has 0 saturated carbocycles. The molecule has 1 aliphatic carbocycles. The molecule has 0 spiro atoms. The van der Waals surface area contributed by atoms with Crippen molar-refractivity contribution in [3.05, 3.63) is 72.3 Å². The Hall–Kier alpha value is -2.35. The molecule has 2 nitrogen and oxygen atoms in total. The third-order valence-electron chi connectivity index (χ3n) is 4.55.